The number of benzene rings is 1. The molecule has 2 aromatic rings. The Labute approximate surface area is 175 Å². The maximum atomic E-state index is 12.0. The average Bonchev–Trinajstić information content (AvgIpc) is 3.13. The van der Waals surface area contributed by atoms with Crippen LogP contribution in [0.2, 0.25) is 0 Å². The Morgan fingerprint density at radius 2 is 2.17 bits per heavy atom. The predicted molar refractivity (Wildman–Crippen MR) is 105 cm³/mol. The van der Waals surface area contributed by atoms with Gasteiger partial charge in [0.25, 0.3) is 5.91 Å². The number of nitrogens with one attached hydrogen (secondary N) is 2. The van der Waals surface area contributed by atoms with Crippen LogP contribution in [0.15, 0.2) is 27.8 Å². The number of carbonyl (C=O) groups excluding carboxylic acids is 1. The first kappa shape index (κ1) is 20.6. The van der Waals surface area contributed by atoms with E-state index >= 15 is 0 Å². The van der Waals surface area contributed by atoms with E-state index in [9.17, 15) is 10.1 Å². The van der Waals surface area contributed by atoms with E-state index in [4.69, 9.17) is 18.9 Å². The smallest absolute Gasteiger partial charge is 0.385 e. The number of nitriles is 1. The number of fused-ring (bicyclic) bond motifs is 1. The third-order valence-corrected chi connectivity index (χ3v) is 4.58. The number of carbonyl (C=O) groups is 1. The maximum absolute atomic E-state index is 12.0. The molecule has 3 rings (SSSR count). The molecule has 1 amide bonds. The van der Waals surface area contributed by atoms with Gasteiger partial charge in [-0.3, -0.25) is 4.79 Å². The third kappa shape index (κ3) is 5.01. The normalized spacial score (nSPS) is 12.1. The number of rotatable bonds is 7. The molecule has 0 saturated heterocycles. The number of aryl methyl sites for hydroxylation is 1. The van der Waals surface area contributed by atoms with Crippen LogP contribution in [-0.4, -0.2) is 32.6 Å². The van der Waals surface area contributed by atoms with Gasteiger partial charge in [-0.1, -0.05) is 0 Å². The van der Waals surface area contributed by atoms with Gasteiger partial charge in [-0.25, -0.2) is 5.43 Å². The van der Waals surface area contributed by atoms with Gasteiger partial charge >= 0.3 is 5.88 Å². The van der Waals surface area contributed by atoms with Crippen LogP contribution < -0.4 is 24.6 Å². The standard InChI is InChI=1S/C19H17BrN4O5/c1-11-3-13(8-26-2)14(6-21)19(23-11)27-9-18(25)24-22-7-12-4-16-17(5-15(12)20)29-10-28-16/h3-5,7H,8-10H2,1-2H3,(H,24,25)/p+1. The molecular formula is C19H18BrN4O5+. The SMILES string of the molecule is COCc1cc(C)[nH+]c(OCC(=O)NN=Cc2cc3c(cc2Br)OCO3)c1C#N. The first-order chi connectivity index (χ1) is 14.0. The molecule has 1 aliphatic heterocycles. The first-order valence-corrected chi connectivity index (χ1v) is 9.29. The Bertz CT molecular complexity index is 1000. The summed E-state index contributed by atoms with van der Waals surface area (Å²) < 4.78 is 21.9. The summed E-state index contributed by atoms with van der Waals surface area (Å²) in [6.07, 6.45) is 1.47. The summed E-state index contributed by atoms with van der Waals surface area (Å²) in [5, 5.41) is 13.3. The maximum Gasteiger partial charge on any atom is 0.385 e. The summed E-state index contributed by atoms with van der Waals surface area (Å²) in [6, 6.07) is 7.37. The number of H-pyrrole nitrogens is 1. The second-order valence-corrected chi connectivity index (χ2v) is 6.89. The van der Waals surface area contributed by atoms with Gasteiger partial charge in [-0.2, -0.15) is 15.3 Å². The molecule has 0 aliphatic carbocycles. The lowest BCUT2D eigenvalue weighted by atomic mass is 10.1. The number of hydrogen-bond acceptors (Lipinski definition) is 7. The molecule has 1 aromatic heterocycles. The molecule has 10 heteroatoms. The summed E-state index contributed by atoms with van der Waals surface area (Å²) in [5.41, 5.74) is 4.82. The highest BCUT2D eigenvalue weighted by Gasteiger charge is 2.20. The highest BCUT2D eigenvalue weighted by molar-refractivity contribution is 9.10. The number of nitrogens with zero attached hydrogens (tertiary/aromatic N) is 2. The van der Waals surface area contributed by atoms with Crippen LogP contribution in [0.1, 0.15) is 22.4 Å². The van der Waals surface area contributed by atoms with Gasteiger partial charge in [-0.15, -0.1) is 0 Å². The van der Waals surface area contributed by atoms with Gasteiger partial charge < -0.3 is 18.9 Å². The fourth-order valence-corrected chi connectivity index (χ4v) is 3.06. The Balaban J connectivity index is 1.61. The minimum Gasteiger partial charge on any atom is -0.454 e. The zero-order valence-corrected chi connectivity index (χ0v) is 17.3. The number of amides is 1. The Morgan fingerprint density at radius 3 is 2.90 bits per heavy atom. The van der Waals surface area contributed by atoms with Crippen molar-refractivity contribution >= 4 is 28.1 Å². The number of aromatic nitrogens is 1. The summed E-state index contributed by atoms with van der Waals surface area (Å²) in [4.78, 5) is 15.0. The molecule has 0 bridgehead atoms. The van der Waals surface area contributed by atoms with Crippen molar-refractivity contribution in [3.8, 4) is 23.4 Å². The molecule has 0 saturated carbocycles. The molecule has 2 heterocycles. The number of aromatic amines is 1. The molecule has 2 N–H and O–H groups in total. The number of hydrogen-bond donors (Lipinski definition) is 1. The van der Waals surface area contributed by atoms with Gasteiger partial charge in [0.1, 0.15) is 6.07 Å². The molecule has 9 nitrogen and oxygen atoms in total. The van der Waals surface area contributed by atoms with E-state index in [2.05, 4.69) is 37.5 Å². The Kier molecular flexibility index (Phi) is 6.64. The number of methoxy groups -OCH3 is 1. The fraction of sp³-hybridized carbons (Fsp3) is 0.263. The average molecular weight is 462 g/mol. The molecule has 1 aliphatic rings. The molecule has 29 heavy (non-hydrogen) atoms. The molecule has 0 unspecified atom stereocenters. The summed E-state index contributed by atoms with van der Waals surface area (Å²) in [7, 11) is 1.54. The van der Waals surface area contributed by atoms with E-state index in [0.717, 1.165) is 10.2 Å². The molecule has 0 fully saturated rings. The monoisotopic (exact) mass is 461 g/mol. The lowest BCUT2D eigenvalue weighted by Crippen LogP contribution is -2.27. The molecule has 0 radical (unpaired) electrons. The van der Waals surface area contributed by atoms with Gasteiger partial charge in [-0.05, 0) is 28.1 Å². The Hall–Kier alpha value is -3.16. The van der Waals surface area contributed by atoms with E-state index in [1.165, 1.54) is 13.3 Å². The highest BCUT2D eigenvalue weighted by atomic mass is 79.9. The lowest BCUT2D eigenvalue weighted by Gasteiger charge is -2.06. The van der Waals surface area contributed by atoms with Crippen molar-refractivity contribution in [3.63, 3.8) is 0 Å². The summed E-state index contributed by atoms with van der Waals surface area (Å²) in [6.45, 7) is 1.93. The number of halogens is 1. The highest BCUT2D eigenvalue weighted by Crippen LogP contribution is 2.36. The van der Waals surface area contributed by atoms with Crippen LogP contribution in [0.3, 0.4) is 0 Å². The molecule has 0 atom stereocenters. The van der Waals surface area contributed by atoms with Crippen molar-refractivity contribution in [1.29, 1.82) is 5.26 Å². The topological polar surface area (TPSA) is 116 Å². The van der Waals surface area contributed by atoms with Crippen LogP contribution >= 0.6 is 15.9 Å². The molecule has 150 valence electrons. The minimum atomic E-state index is -0.481. The quantitative estimate of drug-likeness (QED) is 0.496. The minimum absolute atomic E-state index is 0.170. The van der Waals surface area contributed by atoms with Crippen molar-refractivity contribution < 1.29 is 28.7 Å². The number of ether oxygens (including phenoxy) is 4. The Morgan fingerprint density at radius 1 is 1.41 bits per heavy atom. The summed E-state index contributed by atoms with van der Waals surface area (Å²) in [5.74, 6) is 0.972. The second kappa shape index (κ2) is 9.36. The third-order valence-electron chi connectivity index (χ3n) is 3.89. The fourth-order valence-electron chi connectivity index (χ4n) is 2.63. The van der Waals surface area contributed by atoms with E-state index in [1.54, 1.807) is 18.2 Å². The predicted octanol–water partition coefficient (Wildman–Crippen LogP) is 1.85. The number of pyridine rings is 1. The first-order valence-electron chi connectivity index (χ1n) is 8.50. The van der Waals surface area contributed by atoms with Gasteiger partial charge in [0.05, 0.1) is 12.8 Å². The zero-order valence-electron chi connectivity index (χ0n) is 15.7. The van der Waals surface area contributed by atoms with Crippen LogP contribution in [0.4, 0.5) is 0 Å². The van der Waals surface area contributed by atoms with Crippen LogP contribution in [0.25, 0.3) is 0 Å². The summed E-state index contributed by atoms with van der Waals surface area (Å²) >= 11 is 3.41. The van der Waals surface area contributed by atoms with Crippen LogP contribution in [-0.2, 0) is 16.1 Å². The van der Waals surface area contributed by atoms with E-state index in [0.29, 0.717) is 22.6 Å². The molecular weight excluding hydrogens is 444 g/mol. The van der Waals surface area contributed by atoms with Crippen LogP contribution in [0.5, 0.6) is 17.4 Å². The van der Waals surface area contributed by atoms with Gasteiger partial charge in [0.2, 0.25) is 6.79 Å². The van der Waals surface area contributed by atoms with Gasteiger partial charge in [0, 0.05) is 35.7 Å². The molecule has 0 spiro atoms. The van der Waals surface area contributed by atoms with Gasteiger partial charge in [0.15, 0.2) is 29.4 Å². The van der Waals surface area contributed by atoms with Crippen molar-refractivity contribution in [2.24, 2.45) is 5.10 Å². The van der Waals surface area contributed by atoms with Crippen molar-refractivity contribution in [2.75, 3.05) is 20.5 Å². The van der Waals surface area contributed by atoms with Crippen LogP contribution in [0, 0.1) is 18.3 Å². The van der Waals surface area contributed by atoms with Crippen molar-refractivity contribution in [3.05, 3.63) is 45.1 Å². The van der Waals surface area contributed by atoms with Crippen molar-refractivity contribution in [2.45, 2.75) is 13.5 Å². The van der Waals surface area contributed by atoms with Crippen molar-refractivity contribution in [1.82, 2.24) is 5.43 Å². The lowest BCUT2D eigenvalue weighted by molar-refractivity contribution is -0.403. The molecule has 1 aromatic carbocycles. The van der Waals surface area contributed by atoms with E-state index in [1.807, 2.05) is 6.92 Å². The van der Waals surface area contributed by atoms with E-state index < -0.39 is 5.91 Å². The largest absolute Gasteiger partial charge is 0.454 e. The number of hydrazone groups is 1. The zero-order chi connectivity index (χ0) is 20.8. The van der Waals surface area contributed by atoms with E-state index in [-0.39, 0.29) is 31.5 Å². The second-order valence-electron chi connectivity index (χ2n) is 6.04.